The van der Waals surface area contributed by atoms with E-state index in [1.54, 1.807) is 0 Å². The third-order valence-corrected chi connectivity index (χ3v) is 3.51. The molecular formula is C11H18F2N2O2. The number of halogens is 2. The minimum Gasteiger partial charge on any atom is -0.370 e. The lowest BCUT2D eigenvalue weighted by Gasteiger charge is -2.31. The highest BCUT2D eigenvalue weighted by atomic mass is 19.3. The smallest absolute Gasteiger partial charge is 0.273 e. The maximum atomic E-state index is 12.9. The molecule has 0 bridgehead atoms. The van der Waals surface area contributed by atoms with Gasteiger partial charge in [-0.1, -0.05) is 0 Å². The molecule has 0 saturated carbocycles. The summed E-state index contributed by atoms with van der Waals surface area (Å²) in [6, 6.07) is 0. The molecule has 98 valence electrons. The van der Waals surface area contributed by atoms with Gasteiger partial charge in [0.1, 0.15) is 6.61 Å². The quantitative estimate of drug-likeness (QED) is 0.796. The number of primary amides is 1. The van der Waals surface area contributed by atoms with Crippen LogP contribution in [0.2, 0.25) is 0 Å². The van der Waals surface area contributed by atoms with E-state index in [1.165, 1.54) is 0 Å². The van der Waals surface area contributed by atoms with Crippen molar-refractivity contribution in [2.45, 2.75) is 31.3 Å². The van der Waals surface area contributed by atoms with Crippen LogP contribution in [-0.2, 0) is 9.53 Å². The lowest BCUT2D eigenvalue weighted by molar-refractivity contribution is -0.123. The van der Waals surface area contributed by atoms with Crippen molar-refractivity contribution in [3.63, 3.8) is 0 Å². The number of likely N-dealkylation sites (tertiary alicyclic amines) is 1. The van der Waals surface area contributed by atoms with Crippen molar-refractivity contribution in [2.75, 3.05) is 26.2 Å². The molecule has 0 aliphatic carbocycles. The van der Waals surface area contributed by atoms with Gasteiger partial charge in [-0.15, -0.1) is 0 Å². The second-order valence-electron chi connectivity index (χ2n) is 4.97. The van der Waals surface area contributed by atoms with Gasteiger partial charge in [-0.05, 0) is 25.9 Å². The topological polar surface area (TPSA) is 55.6 Å². The van der Waals surface area contributed by atoms with Crippen molar-refractivity contribution in [3.05, 3.63) is 0 Å². The van der Waals surface area contributed by atoms with Gasteiger partial charge in [-0.25, -0.2) is 8.78 Å². The molecule has 0 aromatic rings. The molecule has 2 rings (SSSR count). The first-order valence-corrected chi connectivity index (χ1v) is 5.97. The summed E-state index contributed by atoms with van der Waals surface area (Å²) < 4.78 is 30.9. The van der Waals surface area contributed by atoms with Gasteiger partial charge in [0.2, 0.25) is 5.91 Å². The first kappa shape index (κ1) is 12.7. The SMILES string of the molecule is NC(=O)C1CCN(CC2CC(F)(F)CO2)CC1. The van der Waals surface area contributed by atoms with Crippen LogP contribution >= 0.6 is 0 Å². The van der Waals surface area contributed by atoms with Crippen LogP contribution in [0.15, 0.2) is 0 Å². The van der Waals surface area contributed by atoms with E-state index in [2.05, 4.69) is 4.90 Å². The van der Waals surface area contributed by atoms with Gasteiger partial charge in [0.15, 0.2) is 0 Å². The van der Waals surface area contributed by atoms with Crippen LogP contribution in [0.4, 0.5) is 8.78 Å². The van der Waals surface area contributed by atoms with Gasteiger partial charge in [0.25, 0.3) is 5.92 Å². The number of hydrogen-bond acceptors (Lipinski definition) is 3. The van der Waals surface area contributed by atoms with Gasteiger partial charge in [-0.3, -0.25) is 4.79 Å². The Hall–Kier alpha value is -0.750. The van der Waals surface area contributed by atoms with Crippen molar-refractivity contribution in [1.29, 1.82) is 0 Å². The first-order valence-electron chi connectivity index (χ1n) is 5.97. The maximum absolute atomic E-state index is 12.9. The number of ether oxygens (including phenoxy) is 1. The highest BCUT2D eigenvalue weighted by Crippen LogP contribution is 2.30. The zero-order valence-electron chi connectivity index (χ0n) is 9.70. The van der Waals surface area contributed by atoms with Crippen LogP contribution in [0.25, 0.3) is 0 Å². The molecule has 0 spiro atoms. The Morgan fingerprint density at radius 1 is 1.41 bits per heavy atom. The molecule has 0 aromatic heterocycles. The van der Waals surface area contributed by atoms with Gasteiger partial charge >= 0.3 is 0 Å². The number of amides is 1. The number of hydrogen-bond donors (Lipinski definition) is 1. The molecule has 1 atom stereocenters. The summed E-state index contributed by atoms with van der Waals surface area (Å²) in [7, 11) is 0. The summed E-state index contributed by atoms with van der Waals surface area (Å²) in [5.74, 6) is -2.98. The summed E-state index contributed by atoms with van der Waals surface area (Å²) in [6.45, 7) is 1.54. The van der Waals surface area contributed by atoms with E-state index in [4.69, 9.17) is 10.5 Å². The highest BCUT2D eigenvalue weighted by molar-refractivity contribution is 5.76. The van der Waals surface area contributed by atoms with Crippen LogP contribution in [0.1, 0.15) is 19.3 Å². The van der Waals surface area contributed by atoms with E-state index in [1.807, 2.05) is 0 Å². The maximum Gasteiger partial charge on any atom is 0.273 e. The summed E-state index contributed by atoms with van der Waals surface area (Å²) in [4.78, 5) is 13.0. The second-order valence-corrected chi connectivity index (χ2v) is 4.97. The predicted octanol–water partition coefficient (Wildman–Crippen LogP) is 0.608. The van der Waals surface area contributed by atoms with Crippen molar-refractivity contribution in [3.8, 4) is 0 Å². The Morgan fingerprint density at radius 2 is 2.06 bits per heavy atom. The monoisotopic (exact) mass is 248 g/mol. The Bertz CT molecular complexity index is 291. The Morgan fingerprint density at radius 3 is 2.53 bits per heavy atom. The van der Waals surface area contributed by atoms with Crippen molar-refractivity contribution in [1.82, 2.24) is 4.90 Å². The number of carbonyl (C=O) groups excluding carboxylic acids is 1. The fraction of sp³-hybridized carbons (Fsp3) is 0.909. The van der Waals surface area contributed by atoms with Crippen LogP contribution in [0, 0.1) is 5.92 Å². The van der Waals surface area contributed by atoms with Crippen molar-refractivity contribution < 1.29 is 18.3 Å². The van der Waals surface area contributed by atoms with Crippen LogP contribution in [-0.4, -0.2) is 49.1 Å². The van der Waals surface area contributed by atoms with Crippen molar-refractivity contribution in [2.24, 2.45) is 11.7 Å². The fourth-order valence-electron chi connectivity index (χ4n) is 2.50. The number of piperidine rings is 1. The third kappa shape index (κ3) is 3.35. The molecular weight excluding hydrogens is 230 g/mol. The molecule has 2 heterocycles. The lowest BCUT2D eigenvalue weighted by Crippen LogP contribution is -2.41. The fourth-order valence-corrected chi connectivity index (χ4v) is 2.50. The molecule has 1 unspecified atom stereocenters. The predicted molar refractivity (Wildman–Crippen MR) is 57.7 cm³/mol. The van der Waals surface area contributed by atoms with Crippen LogP contribution in [0.3, 0.4) is 0 Å². The molecule has 0 aromatic carbocycles. The summed E-state index contributed by atoms with van der Waals surface area (Å²) >= 11 is 0. The standard InChI is InChI=1S/C11H18F2N2O2/c12-11(13)5-9(17-7-11)6-15-3-1-8(2-4-15)10(14)16/h8-9H,1-7H2,(H2,14,16). The summed E-state index contributed by atoms with van der Waals surface area (Å²) in [5, 5.41) is 0. The zero-order valence-corrected chi connectivity index (χ0v) is 9.70. The van der Waals surface area contributed by atoms with Crippen LogP contribution < -0.4 is 5.73 Å². The average molecular weight is 248 g/mol. The largest absolute Gasteiger partial charge is 0.370 e. The molecule has 2 fully saturated rings. The van der Waals surface area contributed by atoms with Gasteiger partial charge < -0.3 is 15.4 Å². The van der Waals surface area contributed by atoms with E-state index >= 15 is 0 Å². The number of carbonyl (C=O) groups is 1. The van der Waals surface area contributed by atoms with E-state index in [0.717, 1.165) is 25.9 Å². The van der Waals surface area contributed by atoms with Gasteiger partial charge in [0, 0.05) is 18.9 Å². The highest BCUT2D eigenvalue weighted by Gasteiger charge is 2.41. The number of nitrogens with zero attached hydrogens (tertiary/aromatic N) is 1. The number of alkyl halides is 2. The zero-order chi connectivity index (χ0) is 12.5. The minimum absolute atomic E-state index is 0.0582. The Balaban J connectivity index is 1.74. The molecule has 17 heavy (non-hydrogen) atoms. The van der Waals surface area contributed by atoms with E-state index < -0.39 is 12.5 Å². The Kier molecular flexibility index (Phi) is 3.63. The molecule has 2 N–H and O–H groups in total. The lowest BCUT2D eigenvalue weighted by atomic mass is 9.96. The number of rotatable bonds is 3. The molecule has 2 aliphatic heterocycles. The van der Waals surface area contributed by atoms with E-state index in [9.17, 15) is 13.6 Å². The molecule has 0 radical (unpaired) electrons. The summed E-state index contributed by atoms with van der Waals surface area (Å²) in [6.07, 6.45) is 0.870. The molecule has 4 nitrogen and oxygen atoms in total. The molecule has 2 saturated heterocycles. The normalized spacial score (nSPS) is 30.6. The summed E-state index contributed by atoms with van der Waals surface area (Å²) in [5.41, 5.74) is 5.23. The molecule has 6 heteroatoms. The van der Waals surface area contributed by atoms with E-state index in [-0.39, 0.29) is 24.3 Å². The van der Waals surface area contributed by atoms with Crippen molar-refractivity contribution >= 4 is 5.91 Å². The third-order valence-electron chi connectivity index (χ3n) is 3.51. The average Bonchev–Trinajstić information content (AvgIpc) is 2.59. The first-order chi connectivity index (χ1) is 7.96. The Labute approximate surface area is 99.1 Å². The minimum atomic E-state index is -2.67. The van der Waals surface area contributed by atoms with Gasteiger partial charge in [-0.2, -0.15) is 0 Å². The van der Waals surface area contributed by atoms with Gasteiger partial charge in [0.05, 0.1) is 6.10 Å². The van der Waals surface area contributed by atoms with E-state index in [0.29, 0.717) is 6.54 Å². The molecule has 2 aliphatic rings. The number of nitrogens with two attached hydrogens (primary N) is 1. The van der Waals surface area contributed by atoms with Crippen LogP contribution in [0.5, 0.6) is 0 Å². The molecule has 1 amide bonds. The second kappa shape index (κ2) is 4.86.